The molecule has 4 rings (SSSR count). The number of rotatable bonds is 3. The number of amides is 2. The van der Waals surface area contributed by atoms with Gasteiger partial charge in [0, 0.05) is 19.1 Å². The molecule has 1 aliphatic rings. The maximum absolute atomic E-state index is 13.2. The fraction of sp³-hybridized carbons (Fsp3) is 0.333. The fourth-order valence-corrected chi connectivity index (χ4v) is 4.01. The van der Waals surface area contributed by atoms with Gasteiger partial charge in [-0.3, -0.25) is 19.6 Å². The number of anilines is 2. The molecule has 3 aromatic rings. The van der Waals surface area contributed by atoms with Crippen molar-refractivity contribution in [2.45, 2.75) is 25.9 Å². The molecule has 9 heteroatoms. The molecule has 1 fully saturated rings. The van der Waals surface area contributed by atoms with Gasteiger partial charge in [0.1, 0.15) is 5.82 Å². The number of aromatic nitrogens is 3. The molecule has 0 spiro atoms. The van der Waals surface area contributed by atoms with E-state index in [1.807, 2.05) is 30.3 Å². The highest BCUT2D eigenvalue weighted by atomic mass is 16.2. The first-order chi connectivity index (χ1) is 14.5. The van der Waals surface area contributed by atoms with Crippen LogP contribution in [0.15, 0.2) is 42.7 Å². The lowest BCUT2D eigenvalue weighted by atomic mass is 9.99. The number of piperazine rings is 1. The zero-order chi connectivity index (χ0) is 21.3. The summed E-state index contributed by atoms with van der Waals surface area (Å²) in [5.41, 5.74) is 7.75. The molecule has 0 saturated carbocycles. The minimum Gasteiger partial charge on any atom is -0.383 e. The van der Waals surface area contributed by atoms with Crippen molar-refractivity contribution in [2.75, 3.05) is 30.7 Å². The van der Waals surface area contributed by atoms with Gasteiger partial charge in [-0.1, -0.05) is 37.3 Å². The molecule has 1 aromatic carbocycles. The molecule has 0 bridgehead atoms. The lowest BCUT2D eigenvalue weighted by Gasteiger charge is -2.45. The summed E-state index contributed by atoms with van der Waals surface area (Å²) in [6.45, 7) is 6.20. The largest absolute Gasteiger partial charge is 0.383 e. The molecule has 4 N–H and O–H groups in total. The van der Waals surface area contributed by atoms with Crippen LogP contribution in [0, 0.1) is 0 Å². The number of nitrogens with two attached hydrogens (primary N) is 1. The van der Waals surface area contributed by atoms with E-state index in [9.17, 15) is 9.59 Å². The zero-order valence-electron chi connectivity index (χ0n) is 17.0. The topological polar surface area (TPSA) is 120 Å². The van der Waals surface area contributed by atoms with Gasteiger partial charge >= 0.3 is 11.8 Å². The lowest BCUT2D eigenvalue weighted by Crippen LogP contribution is -2.56. The van der Waals surface area contributed by atoms with E-state index in [1.165, 1.54) is 12.4 Å². The van der Waals surface area contributed by atoms with Crippen molar-refractivity contribution in [3.05, 3.63) is 48.3 Å². The van der Waals surface area contributed by atoms with Crippen molar-refractivity contribution in [1.82, 2.24) is 25.0 Å². The van der Waals surface area contributed by atoms with Gasteiger partial charge in [-0.25, -0.2) is 4.98 Å². The number of nitrogens with one attached hydrogen (secondary N) is 2. The molecule has 9 nitrogen and oxygen atoms in total. The second-order valence-electron chi connectivity index (χ2n) is 7.49. The Morgan fingerprint density at radius 2 is 2.00 bits per heavy atom. The summed E-state index contributed by atoms with van der Waals surface area (Å²) in [7, 11) is 0. The molecule has 0 aliphatic carbocycles. The van der Waals surface area contributed by atoms with Crippen LogP contribution in [0.25, 0.3) is 10.9 Å². The molecule has 2 atom stereocenters. The Morgan fingerprint density at radius 3 is 2.73 bits per heavy atom. The molecule has 1 saturated heterocycles. The molecule has 1 aliphatic heterocycles. The Labute approximate surface area is 174 Å². The Kier molecular flexibility index (Phi) is 5.37. The van der Waals surface area contributed by atoms with Crippen LogP contribution in [-0.2, 0) is 9.59 Å². The summed E-state index contributed by atoms with van der Waals surface area (Å²) in [5.74, 6) is -0.983. The van der Waals surface area contributed by atoms with Crippen molar-refractivity contribution in [2.24, 2.45) is 0 Å². The van der Waals surface area contributed by atoms with Crippen LogP contribution in [0.1, 0.15) is 25.5 Å². The Bertz CT molecular complexity index is 1070. The van der Waals surface area contributed by atoms with E-state index < -0.39 is 11.8 Å². The van der Waals surface area contributed by atoms with Gasteiger partial charge in [-0.05, 0) is 19.0 Å². The van der Waals surface area contributed by atoms with Gasteiger partial charge in [0.15, 0.2) is 0 Å². The number of aromatic amines is 1. The maximum Gasteiger partial charge on any atom is 0.314 e. The molecular weight excluding hydrogens is 382 g/mol. The highest BCUT2D eigenvalue weighted by molar-refractivity contribution is 6.40. The third kappa shape index (κ3) is 3.59. The quantitative estimate of drug-likeness (QED) is 0.569. The number of likely N-dealkylation sites (N-methyl/N-ethyl adjacent to an activating group) is 1. The van der Waals surface area contributed by atoms with E-state index in [0.29, 0.717) is 35.5 Å². The van der Waals surface area contributed by atoms with Gasteiger partial charge in [0.25, 0.3) is 0 Å². The number of benzene rings is 1. The third-order valence-electron chi connectivity index (χ3n) is 5.68. The predicted octanol–water partition coefficient (Wildman–Crippen LogP) is 1.77. The average Bonchev–Trinajstić information content (AvgIpc) is 3.26. The summed E-state index contributed by atoms with van der Waals surface area (Å²) < 4.78 is 0. The molecule has 2 amide bonds. The van der Waals surface area contributed by atoms with E-state index in [1.54, 1.807) is 4.90 Å². The molecule has 30 heavy (non-hydrogen) atoms. The Hall–Kier alpha value is -3.46. The van der Waals surface area contributed by atoms with Crippen molar-refractivity contribution in [3.8, 4) is 0 Å². The first-order valence-electron chi connectivity index (χ1n) is 9.98. The number of fused-ring (bicyclic) bond motifs is 1. The SMILES string of the molecule is CCN1C[C@H](c2ccccc2)N(C(=O)C(=O)Nc2cnc(N)c3cn[nH]c23)C[C@H]1C. The molecule has 0 unspecified atom stereocenters. The van der Waals surface area contributed by atoms with Crippen LogP contribution in [0.2, 0.25) is 0 Å². The monoisotopic (exact) mass is 407 g/mol. The fourth-order valence-electron chi connectivity index (χ4n) is 4.01. The first-order valence-corrected chi connectivity index (χ1v) is 9.98. The molecule has 0 radical (unpaired) electrons. The highest BCUT2D eigenvalue weighted by Gasteiger charge is 2.37. The minimum absolute atomic E-state index is 0.157. The van der Waals surface area contributed by atoms with E-state index in [4.69, 9.17) is 5.73 Å². The molecular formula is C21H25N7O2. The summed E-state index contributed by atoms with van der Waals surface area (Å²) in [6.07, 6.45) is 2.96. The van der Waals surface area contributed by atoms with Crippen LogP contribution in [0.4, 0.5) is 11.5 Å². The Balaban J connectivity index is 1.60. The number of carbonyl (C=O) groups is 2. The van der Waals surface area contributed by atoms with Crippen molar-refractivity contribution < 1.29 is 9.59 Å². The number of nitrogens with zero attached hydrogens (tertiary/aromatic N) is 4. The van der Waals surface area contributed by atoms with Gasteiger partial charge < -0.3 is 16.0 Å². The smallest absolute Gasteiger partial charge is 0.314 e. The second-order valence-corrected chi connectivity index (χ2v) is 7.49. The van der Waals surface area contributed by atoms with Crippen LogP contribution < -0.4 is 11.1 Å². The number of nitrogen functional groups attached to an aromatic ring is 1. The summed E-state index contributed by atoms with van der Waals surface area (Å²) in [6, 6.07) is 9.77. The van der Waals surface area contributed by atoms with Crippen molar-refractivity contribution in [3.63, 3.8) is 0 Å². The summed E-state index contributed by atoms with van der Waals surface area (Å²) >= 11 is 0. The maximum atomic E-state index is 13.2. The van der Waals surface area contributed by atoms with Gasteiger partial charge in [-0.15, -0.1) is 0 Å². The van der Waals surface area contributed by atoms with Gasteiger partial charge in [0.2, 0.25) is 0 Å². The minimum atomic E-state index is -0.712. The van der Waals surface area contributed by atoms with E-state index in [0.717, 1.165) is 12.1 Å². The second kappa shape index (κ2) is 8.11. The number of hydrogen-bond donors (Lipinski definition) is 3. The number of pyridine rings is 1. The standard InChI is InChI=1S/C21H25N7O2/c1-3-27-12-17(14-7-5-4-6-8-14)28(11-13(27)2)21(30)20(29)25-16-10-23-19(22)15-9-24-26-18(15)16/h4-10,13,17H,3,11-12H2,1-2H3,(H2,22,23)(H,24,26)(H,25,29)/t13-,17-/m1/s1. The van der Waals surface area contributed by atoms with E-state index in [2.05, 4.69) is 39.2 Å². The van der Waals surface area contributed by atoms with Gasteiger partial charge in [-0.2, -0.15) is 5.10 Å². The Morgan fingerprint density at radius 1 is 1.23 bits per heavy atom. The number of H-pyrrole nitrogens is 1. The third-order valence-corrected chi connectivity index (χ3v) is 5.68. The van der Waals surface area contributed by atoms with Crippen LogP contribution in [0.5, 0.6) is 0 Å². The van der Waals surface area contributed by atoms with Crippen molar-refractivity contribution in [1.29, 1.82) is 0 Å². The predicted molar refractivity (Wildman–Crippen MR) is 115 cm³/mol. The molecule has 2 aromatic heterocycles. The number of carbonyl (C=O) groups excluding carboxylic acids is 2. The van der Waals surface area contributed by atoms with Crippen LogP contribution in [-0.4, -0.2) is 62.5 Å². The summed E-state index contributed by atoms with van der Waals surface area (Å²) in [4.78, 5) is 34.1. The van der Waals surface area contributed by atoms with Crippen molar-refractivity contribution >= 4 is 34.2 Å². The highest BCUT2D eigenvalue weighted by Crippen LogP contribution is 2.29. The first kappa shape index (κ1) is 19.8. The van der Waals surface area contributed by atoms with E-state index >= 15 is 0 Å². The summed E-state index contributed by atoms with van der Waals surface area (Å²) in [5, 5.41) is 10.0. The number of hydrogen-bond acceptors (Lipinski definition) is 6. The lowest BCUT2D eigenvalue weighted by molar-refractivity contribution is -0.147. The van der Waals surface area contributed by atoms with Crippen LogP contribution in [0.3, 0.4) is 0 Å². The van der Waals surface area contributed by atoms with E-state index in [-0.39, 0.29) is 12.1 Å². The average molecular weight is 407 g/mol. The van der Waals surface area contributed by atoms with Crippen LogP contribution >= 0.6 is 0 Å². The molecule has 156 valence electrons. The zero-order valence-corrected chi connectivity index (χ0v) is 17.0. The molecule has 3 heterocycles. The normalized spacial score (nSPS) is 19.7. The van der Waals surface area contributed by atoms with Gasteiger partial charge in [0.05, 0.1) is 35.0 Å².